The Bertz CT molecular complexity index is 401. The third-order valence-electron chi connectivity index (χ3n) is 3.74. The lowest BCUT2D eigenvalue weighted by atomic mass is 9.93. The van der Waals surface area contributed by atoms with Crippen molar-refractivity contribution in [3.05, 3.63) is 34.9 Å². The van der Waals surface area contributed by atoms with Gasteiger partial charge in [-0.2, -0.15) is 0 Å². The predicted octanol–water partition coefficient (Wildman–Crippen LogP) is 1.71. The van der Waals surface area contributed by atoms with Crippen molar-refractivity contribution in [2.24, 2.45) is 5.73 Å². The summed E-state index contributed by atoms with van der Waals surface area (Å²) < 4.78 is 0. The van der Waals surface area contributed by atoms with Gasteiger partial charge in [-0.15, -0.1) is 0 Å². The number of likely N-dealkylation sites (tertiary alicyclic amines) is 1. The van der Waals surface area contributed by atoms with E-state index in [0.717, 1.165) is 19.6 Å². The van der Waals surface area contributed by atoms with Crippen molar-refractivity contribution in [3.63, 3.8) is 0 Å². The SMILES string of the molecule is CC1(N)CN(Cc2ccc3c(c2)CCC3)C1. The van der Waals surface area contributed by atoms with Crippen molar-refractivity contribution < 1.29 is 0 Å². The predicted molar refractivity (Wildman–Crippen MR) is 66.3 cm³/mol. The average Bonchev–Trinajstić information content (AvgIpc) is 2.61. The van der Waals surface area contributed by atoms with E-state index in [9.17, 15) is 0 Å². The van der Waals surface area contributed by atoms with E-state index in [1.165, 1.54) is 24.8 Å². The molecule has 0 amide bonds. The zero-order valence-electron chi connectivity index (χ0n) is 10.00. The van der Waals surface area contributed by atoms with Crippen molar-refractivity contribution >= 4 is 0 Å². The van der Waals surface area contributed by atoms with Crippen LogP contribution in [0.4, 0.5) is 0 Å². The number of rotatable bonds is 2. The molecule has 0 atom stereocenters. The van der Waals surface area contributed by atoms with E-state index in [4.69, 9.17) is 5.73 Å². The van der Waals surface area contributed by atoms with Crippen molar-refractivity contribution in [3.8, 4) is 0 Å². The highest BCUT2D eigenvalue weighted by Crippen LogP contribution is 2.25. The molecule has 0 aromatic heterocycles. The van der Waals surface area contributed by atoms with Crippen LogP contribution in [0.25, 0.3) is 0 Å². The first-order valence-electron chi connectivity index (χ1n) is 6.24. The largest absolute Gasteiger partial charge is 0.323 e. The van der Waals surface area contributed by atoms with Crippen LogP contribution in [0, 0.1) is 0 Å². The van der Waals surface area contributed by atoms with Gasteiger partial charge in [0.25, 0.3) is 0 Å². The molecule has 2 N–H and O–H groups in total. The van der Waals surface area contributed by atoms with E-state index in [1.807, 2.05) is 0 Å². The lowest BCUT2D eigenvalue weighted by Gasteiger charge is -2.45. The van der Waals surface area contributed by atoms with Crippen LogP contribution in [0.2, 0.25) is 0 Å². The summed E-state index contributed by atoms with van der Waals surface area (Å²) in [5.41, 5.74) is 10.7. The number of fused-ring (bicyclic) bond motifs is 1. The second-order valence-corrected chi connectivity index (χ2v) is 5.76. The Labute approximate surface area is 97.4 Å². The summed E-state index contributed by atoms with van der Waals surface area (Å²) in [6.07, 6.45) is 3.89. The molecule has 0 saturated carbocycles. The number of aryl methyl sites for hydroxylation is 2. The van der Waals surface area contributed by atoms with E-state index in [0.29, 0.717) is 0 Å². The van der Waals surface area contributed by atoms with E-state index in [-0.39, 0.29) is 5.54 Å². The normalized spacial score (nSPS) is 22.9. The highest BCUT2D eigenvalue weighted by molar-refractivity contribution is 5.35. The van der Waals surface area contributed by atoms with Gasteiger partial charge in [0.15, 0.2) is 0 Å². The summed E-state index contributed by atoms with van der Waals surface area (Å²) in [7, 11) is 0. The molecular formula is C14H20N2. The van der Waals surface area contributed by atoms with Gasteiger partial charge in [-0.3, -0.25) is 4.90 Å². The minimum Gasteiger partial charge on any atom is -0.323 e. The Morgan fingerprint density at radius 2 is 2.00 bits per heavy atom. The van der Waals surface area contributed by atoms with Gasteiger partial charge in [-0.25, -0.2) is 0 Å². The van der Waals surface area contributed by atoms with Crippen LogP contribution in [0.5, 0.6) is 0 Å². The fraction of sp³-hybridized carbons (Fsp3) is 0.571. The summed E-state index contributed by atoms with van der Waals surface area (Å²) in [6.45, 7) is 5.26. The number of nitrogens with two attached hydrogens (primary N) is 1. The summed E-state index contributed by atoms with van der Waals surface area (Å²) in [4.78, 5) is 2.43. The summed E-state index contributed by atoms with van der Waals surface area (Å²) in [5, 5.41) is 0. The topological polar surface area (TPSA) is 29.3 Å². The van der Waals surface area contributed by atoms with Crippen molar-refractivity contribution in [2.45, 2.75) is 38.3 Å². The van der Waals surface area contributed by atoms with Gasteiger partial charge in [-0.1, -0.05) is 18.2 Å². The van der Waals surface area contributed by atoms with Gasteiger partial charge < -0.3 is 5.73 Å². The van der Waals surface area contributed by atoms with Crippen molar-refractivity contribution in [1.29, 1.82) is 0 Å². The Kier molecular flexibility index (Phi) is 2.30. The van der Waals surface area contributed by atoms with E-state index in [2.05, 4.69) is 30.0 Å². The van der Waals surface area contributed by atoms with Crippen LogP contribution in [0.1, 0.15) is 30.0 Å². The standard InChI is InChI=1S/C14H20N2/c1-14(15)9-16(10-14)8-11-5-6-12-3-2-4-13(12)7-11/h5-7H,2-4,8-10,15H2,1H3. The van der Waals surface area contributed by atoms with Crippen LogP contribution in [-0.4, -0.2) is 23.5 Å². The second-order valence-electron chi connectivity index (χ2n) is 5.76. The van der Waals surface area contributed by atoms with Gasteiger partial charge in [0.1, 0.15) is 0 Å². The monoisotopic (exact) mass is 216 g/mol. The summed E-state index contributed by atoms with van der Waals surface area (Å²) >= 11 is 0. The average molecular weight is 216 g/mol. The molecule has 0 spiro atoms. The molecule has 16 heavy (non-hydrogen) atoms. The van der Waals surface area contributed by atoms with Crippen LogP contribution in [0.15, 0.2) is 18.2 Å². The zero-order valence-corrected chi connectivity index (χ0v) is 10.00. The Morgan fingerprint density at radius 3 is 2.75 bits per heavy atom. The maximum Gasteiger partial charge on any atom is 0.0384 e. The Hall–Kier alpha value is -0.860. The lowest BCUT2D eigenvalue weighted by molar-refractivity contribution is 0.0764. The quantitative estimate of drug-likeness (QED) is 0.815. The van der Waals surface area contributed by atoms with Gasteiger partial charge in [-0.05, 0) is 42.9 Å². The second kappa shape index (κ2) is 3.57. The first-order valence-corrected chi connectivity index (χ1v) is 6.24. The molecule has 86 valence electrons. The third kappa shape index (κ3) is 1.87. The number of nitrogens with zero attached hydrogens (tertiary/aromatic N) is 1. The molecule has 0 unspecified atom stereocenters. The fourth-order valence-corrected chi connectivity index (χ4v) is 3.07. The van der Waals surface area contributed by atoms with Crippen LogP contribution in [-0.2, 0) is 19.4 Å². The van der Waals surface area contributed by atoms with E-state index < -0.39 is 0 Å². The smallest absolute Gasteiger partial charge is 0.0384 e. The highest BCUT2D eigenvalue weighted by Gasteiger charge is 2.34. The molecule has 1 fully saturated rings. The molecule has 2 nitrogen and oxygen atoms in total. The number of benzene rings is 1. The maximum absolute atomic E-state index is 6.01. The maximum atomic E-state index is 6.01. The molecule has 1 aliphatic carbocycles. The zero-order chi connectivity index (χ0) is 11.2. The van der Waals surface area contributed by atoms with Gasteiger partial charge in [0.05, 0.1) is 0 Å². The Morgan fingerprint density at radius 1 is 1.25 bits per heavy atom. The minimum atomic E-state index is 0.0523. The van der Waals surface area contributed by atoms with E-state index >= 15 is 0 Å². The molecule has 1 saturated heterocycles. The van der Waals surface area contributed by atoms with Gasteiger partial charge >= 0.3 is 0 Å². The molecule has 2 heteroatoms. The van der Waals surface area contributed by atoms with Crippen LogP contribution < -0.4 is 5.73 Å². The molecule has 0 bridgehead atoms. The van der Waals surface area contributed by atoms with Crippen LogP contribution >= 0.6 is 0 Å². The molecule has 1 aromatic rings. The number of hydrogen-bond acceptors (Lipinski definition) is 2. The minimum absolute atomic E-state index is 0.0523. The summed E-state index contributed by atoms with van der Waals surface area (Å²) in [6, 6.07) is 7.00. The molecule has 0 radical (unpaired) electrons. The Balaban J connectivity index is 1.67. The number of hydrogen-bond donors (Lipinski definition) is 1. The summed E-state index contributed by atoms with van der Waals surface area (Å²) in [5.74, 6) is 0. The van der Waals surface area contributed by atoms with Gasteiger partial charge in [0, 0.05) is 25.2 Å². The third-order valence-corrected chi connectivity index (χ3v) is 3.74. The molecule has 1 aromatic carbocycles. The van der Waals surface area contributed by atoms with Gasteiger partial charge in [0.2, 0.25) is 0 Å². The first kappa shape index (κ1) is 10.3. The first-order chi connectivity index (χ1) is 7.62. The van der Waals surface area contributed by atoms with Crippen LogP contribution in [0.3, 0.4) is 0 Å². The lowest BCUT2D eigenvalue weighted by Crippen LogP contribution is -2.64. The molecule has 3 rings (SSSR count). The molecule has 2 aliphatic rings. The molecular weight excluding hydrogens is 196 g/mol. The molecule has 1 aliphatic heterocycles. The fourth-order valence-electron chi connectivity index (χ4n) is 3.07. The van der Waals surface area contributed by atoms with Crippen molar-refractivity contribution in [1.82, 2.24) is 4.90 Å². The van der Waals surface area contributed by atoms with E-state index in [1.54, 1.807) is 11.1 Å². The van der Waals surface area contributed by atoms with Crippen molar-refractivity contribution in [2.75, 3.05) is 13.1 Å². The molecule has 1 heterocycles. The highest BCUT2D eigenvalue weighted by atomic mass is 15.2.